The Morgan fingerprint density at radius 1 is 1.23 bits per heavy atom. The number of aromatic nitrogens is 3. The third kappa shape index (κ3) is 3.65. The number of H-pyrrole nitrogens is 1. The highest BCUT2D eigenvalue weighted by atomic mass is 35.5. The monoisotopic (exact) mass is 424 g/mol. The minimum Gasteiger partial charge on any atom is -0.467 e. The van der Waals surface area contributed by atoms with E-state index in [9.17, 15) is 14.4 Å². The van der Waals surface area contributed by atoms with Gasteiger partial charge in [0.25, 0.3) is 11.5 Å². The molecule has 0 aliphatic rings. The number of carbonyl (C=O) groups excluding carboxylic acids is 1. The summed E-state index contributed by atoms with van der Waals surface area (Å²) in [6.07, 6.45) is 1.49. The second-order valence-electron chi connectivity index (χ2n) is 6.84. The van der Waals surface area contributed by atoms with Crippen LogP contribution in [0, 0.1) is 13.8 Å². The molecular weight excluding hydrogens is 408 g/mol. The number of halogens is 1. The Labute approximate surface area is 175 Å². The molecule has 4 aromatic rings. The van der Waals surface area contributed by atoms with Gasteiger partial charge >= 0.3 is 5.69 Å². The number of anilines is 1. The normalized spacial score (nSPS) is 11.0. The van der Waals surface area contributed by atoms with Crippen LogP contribution < -0.4 is 16.6 Å². The van der Waals surface area contributed by atoms with Crippen molar-refractivity contribution in [3.8, 4) is 0 Å². The summed E-state index contributed by atoms with van der Waals surface area (Å²) in [5, 5.41) is 3.41. The van der Waals surface area contributed by atoms with Gasteiger partial charge in [0.05, 0.1) is 29.5 Å². The number of aryl methyl sites for hydroxylation is 2. The molecule has 3 heterocycles. The standard InChI is InChI=1S/C21H17ClN4O4/c1-11-5-6-13(8-17(11)22)24-19(27)15-9-16-18(23-12(15)2)26(21(29)25-20(16)28)10-14-4-3-7-30-14/h3-9H,10H2,1-2H3,(H,24,27)(H,25,28,29). The maximum Gasteiger partial charge on any atom is 0.330 e. The topological polar surface area (TPSA) is 110 Å². The van der Waals surface area contributed by atoms with E-state index in [1.165, 1.54) is 16.9 Å². The summed E-state index contributed by atoms with van der Waals surface area (Å²) in [7, 11) is 0. The van der Waals surface area contributed by atoms with Crippen molar-refractivity contribution in [2.24, 2.45) is 0 Å². The zero-order chi connectivity index (χ0) is 21.4. The van der Waals surface area contributed by atoms with Crippen LogP contribution in [-0.4, -0.2) is 20.4 Å². The third-order valence-electron chi connectivity index (χ3n) is 4.73. The summed E-state index contributed by atoms with van der Waals surface area (Å²) in [5.41, 5.74) is 0.941. The van der Waals surface area contributed by atoms with E-state index in [0.29, 0.717) is 22.2 Å². The second kappa shape index (κ2) is 7.64. The molecule has 152 valence electrons. The maximum absolute atomic E-state index is 12.8. The predicted molar refractivity (Wildman–Crippen MR) is 113 cm³/mol. The highest BCUT2D eigenvalue weighted by Gasteiger charge is 2.17. The molecule has 0 aliphatic heterocycles. The molecule has 4 rings (SSSR count). The lowest BCUT2D eigenvalue weighted by molar-refractivity contribution is 0.102. The number of rotatable bonds is 4. The van der Waals surface area contributed by atoms with Crippen molar-refractivity contribution in [3.05, 3.63) is 91.1 Å². The number of nitrogens with zero attached hydrogens (tertiary/aromatic N) is 2. The van der Waals surface area contributed by atoms with Gasteiger partial charge < -0.3 is 9.73 Å². The molecule has 0 radical (unpaired) electrons. The Kier molecular flexibility index (Phi) is 5.01. The summed E-state index contributed by atoms with van der Waals surface area (Å²) in [6.45, 7) is 3.60. The first-order chi connectivity index (χ1) is 14.3. The first kappa shape index (κ1) is 19.7. The number of nitrogens with one attached hydrogen (secondary N) is 2. The molecule has 0 saturated carbocycles. The van der Waals surface area contributed by atoms with Gasteiger partial charge in [-0.15, -0.1) is 0 Å². The van der Waals surface area contributed by atoms with E-state index in [0.717, 1.165) is 5.56 Å². The van der Waals surface area contributed by atoms with Gasteiger partial charge in [-0.3, -0.25) is 19.1 Å². The van der Waals surface area contributed by atoms with E-state index in [4.69, 9.17) is 16.0 Å². The van der Waals surface area contributed by atoms with Gasteiger partial charge in [-0.2, -0.15) is 0 Å². The minimum atomic E-state index is -0.620. The zero-order valence-electron chi connectivity index (χ0n) is 16.2. The number of aromatic amines is 1. The molecule has 2 N–H and O–H groups in total. The minimum absolute atomic E-state index is 0.0962. The lowest BCUT2D eigenvalue weighted by Crippen LogP contribution is -2.31. The van der Waals surface area contributed by atoms with Gasteiger partial charge in [-0.1, -0.05) is 17.7 Å². The van der Waals surface area contributed by atoms with E-state index in [1.807, 2.05) is 6.92 Å². The summed E-state index contributed by atoms with van der Waals surface area (Å²) in [5.74, 6) is 0.0907. The van der Waals surface area contributed by atoms with Crippen LogP contribution in [0.3, 0.4) is 0 Å². The lowest BCUT2D eigenvalue weighted by Gasteiger charge is -2.12. The Balaban J connectivity index is 1.78. The Hall–Kier alpha value is -3.65. The number of benzene rings is 1. The van der Waals surface area contributed by atoms with Crippen LogP contribution in [-0.2, 0) is 6.54 Å². The smallest absolute Gasteiger partial charge is 0.330 e. The Morgan fingerprint density at radius 2 is 2.03 bits per heavy atom. The van der Waals surface area contributed by atoms with Gasteiger partial charge in [0.1, 0.15) is 11.4 Å². The predicted octanol–water partition coefficient (Wildman–Crippen LogP) is 3.25. The fraction of sp³-hybridized carbons (Fsp3) is 0.143. The Morgan fingerprint density at radius 3 is 2.73 bits per heavy atom. The number of amides is 1. The number of furan rings is 1. The van der Waals surface area contributed by atoms with Crippen molar-refractivity contribution in [2.45, 2.75) is 20.4 Å². The number of pyridine rings is 1. The molecule has 9 heteroatoms. The average molecular weight is 425 g/mol. The van der Waals surface area contributed by atoms with Gasteiger partial charge in [0.15, 0.2) is 0 Å². The van der Waals surface area contributed by atoms with Crippen LogP contribution in [0.15, 0.2) is 56.7 Å². The lowest BCUT2D eigenvalue weighted by atomic mass is 10.1. The highest BCUT2D eigenvalue weighted by molar-refractivity contribution is 6.31. The molecule has 3 aromatic heterocycles. The van der Waals surface area contributed by atoms with Gasteiger partial charge in [-0.05, 0) is 49.7 Å². The van der Waals surface area contributed by atoms with Crippen LogP contribution in [0.2, 0.25) is 5.02 Å². The number of carbonyl (C=O) groups is 1. The SMILES string of the molecule is Cc1ccc(NC(=O)c2cc3c(=O)[nH]c(=O)n(Cc4ccco4)c3nc2C)cc1Cl. The fourth-order valence-electron chi connectivity index (χ4n) is 3.10. The van der Waals surface area contributed by atoms with Gasteiger partial charge in [-0.25, -0.2) is 9.78 Å². The molecule has 1 aromatic carbocycles. The molecule has 0 unspecified atom stereocenters. The van der Waals surface area contributed by atoms with Crippen molar-refractivity contribution in [1.29, 1.82) is 0 Å². The van der Waals surface area contributed by atoms with Crippen LogP contribution in [0.1, 0.15) is 27.4 Å². The molecule has 0 atom stereocenters. The van der Waals surface area contributed by atoms with E-state index < -0.39 is 17.2 Å². The van der Waals surface area contributed by atoms with Crippen molar-refractivity contribution >= 4 is 34.2 Å². The molecule has 0 fully saturated rings. The molecule has 0 bridgehead atoms. The van der Waals surface area contributed by atoms with Gasteiger partial charge in [0, 0.05) is 10.7 Å². The average Bonchev–Trinajstić information content (AvgIpc) is 3.21. The van der Waals surface area contributed by atoms with Crippen LogP contribution in [0.4, 0.5) is 5.69 Å². The Bertz CT molecular complexity index is 1390. The molecule has 0 aliphatic carbocycles. The van der Waals surface area contributed by atoms with E-state index >= 15 is 0 Å². The van der Waals surface area contributed by atoms with E-state index in [-0.39, 0.29) is 23.1 Å². The van der Waals surface area contributed by atoms with Crippen molar-refractivity contribution < 1.29 is 9.21 Å². The number of fused-ring (bicyclic) bond motifs is 1. The van der Waals surface area contributed by atoms with Crippen LogP contribution >= 0.6 is 11.6 Å². The molecule has 8 nitrogen and oxygen atoms in total. The van der Waals surface area contributed by atoms with Crippen LogP contribution in [0.5, 0.6) is 0 Å². The second-order valence-corrected chi connectivity index (χ2v) is 7.24. The fourth-order valence-corrected chi connectivity index (χ4v) is 3.28. The number of hydrogen-bond acceptors (Lipinski definition) is 5. The van der Waals surface area contributed by atoms with Crippen molar-refractivity contribution in [1.82, 2.24) is 14.5 Å². The quantitative estimate of drug-likeness (QED) is 0.522. The largest absolute Gasteiger partial charge is 0.467 e. The summed E-state index contributed by atoms with van der Waals surface area (Å²) in [4.78, 5) is 44.2. The zero-order valence-corrected chi connectivity index (χ0v) is 16.9. The number of hydrogen-bond donors (Lipinski definition) is 2. The molecule has 0 saturated heterocycles. The molecular formula is C21H17ClN4O4. The van der Waals surface area contributed by atoms with Crippen LogP contribution in [0.25, 0.3) is 11.0 Å². The van der Waals surface area contributed by atoms with E-state index in [2.05, 4.69) is 15.3 Å². The summed E-state index contributed by atoms with van der Waals surface area (Å²) >= 11 is 6.11. The molecule has 30 heavy (non-hydrogen) atoms. The van der Waals surface area contributed by atoms with E-state index in [1.54, 1.807) is 37.3 Å². The van der Waals surface area contributed by atoms with Crippen molar-refractivity contribution in [3.63, 3.8) is 0 Å². The third-order valence-corrected chi connectivity index (χ3v) is 5.13. The summed E-state index contributed by atoms with van der Waals surface area (Å²) < 4.78 is 6.59. The highest BCUT2D eigenvalue weighted by Crippen LogP contribution is 2.21. The first-order valence-electron chi connectivity index (χ1n) is 9.08. The maximum atomic E-state index is 12.8. The summed E-state index contributed by atoms with van der Waals surface area (Å²) in [6, 6.07) is 10.0. The first-order valence-corrected chi connectivity index (χ1v) is 9.45. The molecule has 0 spiro atoms. The molecule has 1 amide bonds. The van der Waals surface area contributed by atoms with Gasteiger partial charge in [0.2, 0.25) is 0 Å². The van der Waals surface area contributed by atoms with Crippen molar-refractivity contribution in [2.75, 3.05) is 5.32 Å².